The van der Waals surface area contributed by atoms with Crippen molar-refractivity contribution in [2.75, 3.05) is 13.6 Å². The maximum absolute atomic E-state index is 11.7. The third-order valence-electron chi connectivity index (χ3n) is 1.77. The molecule has 90 valence electrons. The quantitative estimate of drug-likeness (QED) is 0.451. The lowest BCUT2D eigenvalue weighted by Gasteiger charge is -2.20. The molecular weight excluding hydrogens is 238 g/mol. The molecule has 0 aromatic carbocycles. The molecule has 1 aromatic heterocycles. The standard InChI is InChI=1S/C10H13N5OS/c1-3-4-13-10(17)15(2)14-9(16)8-7-11-5-6-12-8/h3,5-7H,1,4H2,2H3,(H,13,17)(H,14,16). The largest absolute Gasteiger partial charge is 0.358 e. The summed E-state index contributed by atoms with van der Waals surface area (Å²) in [5.41, 5.74) is 2.79. The third-order valence-corrected chi connectivity index (χ3v) is 2.19. The van der Waals surface area contributed by atoms with Crippen molar-refractivity contribution >= 4 is 23.2 Å². The van der Waals surface area contributed by atoms with Gasteiger partial charge in [0.25, 0.3) is 5.91 Å². The zero-order valence-corrected chi connectivity index (χ0v) is 10.2. The van der Waals surface area contributed by atoms with E-state index in [1.807, 2.05) is 0 Å². The summed E-state index contributed by atoms with van der Waals surface area (Å²) in [5.74, 6) is -0.372. The van der Waals surface area contributed by atoms with Gasteiger partial charge in [0.2, 0.25) is 0 Å². The molecule has 6 nitrogen and oxygen atoms in total. The van der Waals surface area contributed by atoms with Gasteiger partial charge in [0.1, 0.15) is 5.69 Å². The Morgan fingerprint density at radius 2 is 2.41 bits per heavy atom. The number of nitrogens with one attached hydrogen (secondary N) is 2. The normalized spacial score (nSPS) is 9.24. The van der Waals surface area contributed by atoms with Gasteiger partial charge in [-0.3, -0.25) is 20.2 Å². The molecule has 7 heteroatoms. The van der Waals surface area contributed by atoms with E-state index in [0.29, 0.717) is 11.7 Å². The number of nitrogens with zero attached hydrogens (tertiary/aromatic N) is 3. The first-order valence-electron chi connectivity index (χ1n) is 4.84. The topological polar surface area (TPSA) is 70.2 Å². The van der Waals surface area contributed by atoms with E-state index in [-0.39, 0.29) is 11.6 Å². The highest BCUT2D eigenvalue weighted by molar-refractivity contribution is 7.80. The highest BCUT2D eigenvalue weighted by atomic mass is 32.1. The molecule has 0 saturated heterocycles. The Labute approximate surface area is 105 Å². The summed E-state index contributed by atoms with van der Waals surface area (Å²) in [5, 5.41) is 4.67. The summed E-state index contributed by atoms with van der Waals surface area (Å²) in [6, 6.07) is 0. The third kappa shape index (κ3) is 4.15. The predicted molar refractivity (Wildman–Crippen MR) is 68.1 cm³/mol. The molecule has 0 aliphatic heterocycles. The summed E-state index contributed by atoms with van der Waals surface area (Å²) in [4.78, 5) is 19.3. The van der Waals surface area contributed by atoms with Crippen LogP contribution in [0.1, 0.15) is 10.5 Å². The van der Waals surface area contributed by atoms with Gasteiger partial charge >= 0.3 is 0 Å². The maximum Gasteiger partial charge on any atom is 0.290 e. The molecule has 0 saturated carbocycles. The van der Waals surface area contributed by atoms with Gasteiger partial charge in [0.05, 0.1) is 6.20 Å². The van der Waals surface area contributed by atoms with Gasteiger partial charge < -0.3 is 5.32 Å². The molecule has 0 aliphatic carbocycles. The molecule has 1 rings (SSSR count). The van der Waals surface area contributed by atoms with Crippen LogP contribution in [0.3, 0.4) is 0 Å². The fraction of sp³-hybridized carbons (Fsp3) is 0.200. The number of amides is 1. The zero-order chi connectivity index (χ0) is 12.7. The van der Waals surface area contributed by atoms with Gasteiger partial charge in [-0.1, -0.05) is 6.08 Å². The lowest BCUT2D eigenvalue weighted by atomic mass is 10.4. The summed E-state index contributed by atoms with van der Waals surface area (Å²) >= 11 is 5.03. The average Bonchev–Trinajstić information content (AvgIpc) is 2.36. The Bertz CT molecular complexity index is 408. The first-order chi connectivity index (χ1) is 8.15. The molecule has 0 aliphatic rings. The minimum absolute atomic E-state index is 0.228. The van der Waals surface area contributed by atoms with E-state index in [1.54, 1.807) is 13.1 Å². The summed E-state index contributed by atoms with van der Waals surface area (Å²) in [7, 11) is 1.63. The van der Waals surface area contributed by atoms with E-state index >= 15 is 0 Å². The van der Waals surface area contributed by atoms with Gasteiger partial charge in [0, 0.05) is 26.0 Å². The fourth-order valence-corrected chi connectivity index (χ4v) is 1.08. The second kappa shape index (κ2) is 6.54. The summed E-state index contributed by atoms with van der Waals surface area (Å²) in [6.45, 7) is 4.09. The molecule has 0 unspecified atom stereocenters. The van der Waals surface area contributed by atoms with Gasteiger partial charge in [-0.2, -0.15) is 0 Å². The molecule has 1 amide bonds. The van der Waals surface area contributed by atoms with E-state index in [9.17, 15) is 4.79 Å². The van der Waals surface area contributed by atoms with Crippen molar-refractivity contribution in [2.24, 2.45) is 0 Å². The summed E-state index contributed by atoms with van der Waals surface area (Å²) < 4.78 is 0. The second-order valence-corrected chi connectivity index (χ2v) is 3.45. The first kappa shape index (κ1) is 13.0. The Balaban J connectivity index is 2.51. The van der Waals surface area contributed by atoms with E-state index < -0.39 is 0 Å². The van der Waals surface area contributed by atoms with Crippen LogP contribution >= 0.6 is 12.2 Å². The monoisotopic (exact) mass is 251 g/mol. The molecule has 0 spiro atoms. The Hall–Kier alpha value is -2.02. The van der Waals surface area contributed by atoms with Crippen LogP contribution in [0, 0.1) is 0 Å². The van der Waals surface area contributed by atoms with Crippen LogP contribution in [0.5, 0.6) is 0 Å². The van der Waals surface area contributed by atoms with E-state index in [1.165, 1.54) is 23.6 Å². The molecule has 0 bridgehead atoms. The number of aromatic nitrogens is 2. The lowest BCUT2D eigenvalue weighted by Crippen LogP contribution is -2.48. The number of hydrazine groups is 1. The van der Waals surface area contributed by atoms with Crippen LogP contribution < -0.4 is 10.7 Å². The number of carbonyl (C=O) groups excluding carboxylic acids is 1. The van der Waals surface area contributed by atoms with E-state index in [2.05, 4.69) is 27.3 Å². The van der Waals surface area contributed by atoms with Crippen molar-refractivity contribution in [1.29, 1.82) is 0 Å². The zero-order valence-electron chi connectivity index (χ0n) is 9.38. The molecule has 0 fully saturated rings. The van der Waals surface area contributed by atoms with Crippen LogP contribution in [0.15, 0.2) is 31.2 Å². The van der Waals surface area contributed by atoms with E-state index in [4.69, 9.17) is 12.2 Å². The number of hydrogen-bond acceptors (Lipinski definition) is 4. The summed E-state index contributed by atoms with van der Waals surface area (Å²) in [6.07, 6.45) is 5.99. The average molecular weight is 251 g/mol. The van der Waals surface area contributed by atoms with Crippen molar-refractivity contribution in [1.82, 2.24) is 25.7 Å². The number of rotatable bonds is 3. The van der Waals surface area contributed by atoms with Crippen LogP contribution in [-0.2, 0) is 0 Å². The van der Waals surface area contributed by atoms with Crippen molar-refractivity contribution in [3.63, 3.8) is 0 Å². The van der Waals surface area contributed by atoms with Gasteiger partial charge in [-0.25, -0.2) is 4.98 Å². The van der Waals surface area contributed by atoms with E-state index in [0.717, 1.165) is 0 Å². The van der Waals surface area contributed by atoms with Crippen LogP contribution in [-0.4, -0.2) is 39.6 Å². The Kier molecular flexibility index (Phi) is 5.02. The van der Waals surface area contributed by atoms with Crippen molar-refractivity contribution in [2.45, 2.75) is 0 Å². The first-order valence-corrected chi connectivity index (χ1v) is 5.25. The van der Waals surface area contributed by atoms with Crippen molar-refractivity contribution < 1.29 is 4.79 Å². The van der Waals surface area contributed by atoms with Crippen molar-refractivity contribution in [3.05, 3.63) is 36.9 Å². The minimum Gasteiger partial charge on any atom is -0.358 e. The Morgan fingerprint density at radius 3 is 3.00 bits per heavy atom. The molecule has 17 heavy (non-hydrogen) atoms. The van der Waals surface area contributed by atoms with Gasteiger partial charge in [-0.05, 0) is 12.2 Å². The number of hydrogen-bond donors (Lipinski definition) is 2. The minimum atomic E-state index is -0.372. The number of thiocarbonyl (C=S) groups is 1. The molecule has 2 N–H and O–H groups in total. The van der Waals surface area contributed by atoms with Crippen LogP contribution in [0.25, 0.3) is 0 Å². The molecule has 1 heterocycles. The molecule has 1 aromatic rings. The van der Waals surface area contributed by atoms with Crippen LogP contribution in [0.4, 0.5) is 0 Å². The van der Waals surface area contributed by atoms with Gasteiger partial charge in [-0.15, -0.1) is 6.58 Å². The smallest absolute Gasteiger partial charge is 0.290 e. The van der Waals surface area contributed by atoms with Gasteiger partial charge in [0.15, 0.2) is 5.11 Å². The maximum atomic E-state index is 11.7. The molecule has 0 radical (unpaired) electrons. The number of carbonyl (C=O) groups is 1. The molecular formula is C10H13N5OS. The highest BCUT2D eigenvalue weighted by Gasteiger charge is 2.10. The SMILES string of the molecule is C=CCNC(=S)N(C)NC(=O)c1cnccn1. The second-order valence-electron chi connectivity index (χ2n) is 3.07. The van der Waals surface area contributed by atoms with Crippen molar-refractivity contribution in [3.8, 4) is 0 Å². The Morgan fingerprint density at radius 1 is 1.65 bits per heavy atom. The van der Waals surface area contributed by atoms with Crippen LogP contribution in [0.2, 0.25) is 0 Å². The fourth-order valence-electron chi connectivity index (χ4n) is 0.955. The lowest BCUT2D eigenvalue weighted by molar-refractivity contribution is 0.0881. The molecule has 0 atom stereocenters. The highest BCUT2D eigenvalue weighted by Crippen LogP contribution is 1.91. The predicted octanol–water partition coefficient (Wildman–Crippen LogP) is 0.114.